The third kappa shape index (κ3) is 3.40. The van der Waals surface area contributed by atoms with Gasteiger partial charge >= 0.3 is 5.97 Å². The molecule has 1 atom stereocenters. The van der Waals surface area contributed by atoms with E-state index in [1.54, 1.807) is 0 Å². The third-order valence-corrected chi connectivity index (χ3v) is 2.31. The summed E-state index contributed by atoms with van der Waals surface area (Å²) < 4.78 is 5.11. The van der Waals surface area contributed by atoms with Crippen LogP contribution in [0.4, 0.5) is 0 Å². The Bertz CT molecular complexity index is 319. The molecule has 4 nitrogen and oxygen atoms in total. The van der Waals surface area contributed by atoms with Gasteiger partial charge in [0.2, 0.25) is 0 Å². The van der Waals surface area contributed by atoms with Crippen LogP contribution in [0.3, 0.4) is 0 Å². The molecule has 0 bridgehead atoms. The Morgan fingerprint density at radius 1 is 1.67 bits per heavy atom. The molecule has 0 aliphatic rings. The van der Waals surface area contributed by atoms with Gasteiger partial charge in [0.15, 0.2) is 0 Å². The van der Waals surface area contributed by atoms with E-state index in [4.69, 9.17) is 9.52 Å². The molecule has 1 heterocycles. The smallest absolute Gasteiger partial charge is 0.339 e. The number of carboxylic acids is 1. The maximum atomic E-state index is 10.8. The van der Waals surface area contributed by atoms with Crippen LogP contribution < -0.4 is 5.32 Å². The number of carboxylic acid groups (broad SMARTS) is 1. The molecule has 1 aromatic rings. The van der Waals surface area contributed by atoms with Crippen LogP contribution in [0.1, 0.15) is 42.8 Å². The standard InChI is InChI=1S/C11H17NO3/c1-3-4-8(2)12-7-10-9(11(13)14)5-6-15-10/h5-6,8,12H,3-4,7H2,1-2H3,(H,13,14). The summed E-state index contributed by atoms with van der Waals surface area (Å²) in [7, 11) is 0. The van der Waals surface area contributed by atoms with Gasteiger partial charge < -0.3 is 14.8 Å². The monoisotopic (exact) mass is 211 g/mol. The van der Waals surface area contributed by atoms with Crippen molar-refractivity contribution in [2.24, 2.45) is 0 Å². The SMILES string of the molecule is CCCC(C)NCc1occc1C(=O)O. The molecule has 1 aromatic heterocycles. The highest BCUT2D eigenvalue weighted by atomic mass is 16.4. The van der Waals surface area contributed by atoms with Crippen LogP contribution in [0.15, 0.2) is 16.7 Å². The van der Waals surface area contributed by atoms with Crippen molar-refractivity contribution >= 4 is 5.97 Å². The van der Waals surface area contributed by atoms with E-state index in [0.717, 1.165) is 12.8 Å². The van der Waals surface area contributed by atoms with Crippen molar-refractivity contribution in [1.82, 2.24) is 5.32 Å². The maximum Gasteiger partial charge on any atom is 0.339 e. The lowest BCUT2D eigenvalue weighted by molar-refractivity contribution is 0.0694. The summed E-state index contributed by atoms with van der Waals surface area (Å²) in [5.74, 6) is -0.450. The first-order valence-corrected chi connectivity index (χ1v) is 5.18. The van der Waals surface area contributed by atoms with E-state index in [1.165, 1.54) is 12.3 Å². The van der Waals surface area contributed by atoms with Gasteiger partial charge in [0, 0.05) is 6.04 Å². The zero-order valence-electron chi connectivity index (χ0n) is 9.12. The number of aromatic carboxylic acids is 1. The third-order valence-electron chi connectivity index (χ3n) is 2.31. The summed E-state index contributed by atoms with van der Waals surface area (Å²) in [4.78, 5) is 10.8. The van der Waals surface area contributed by atoms with E-state index in [0.29, 0.717) is 18.3 Å². The highest BCUT2D eigenvalue weighted by Gasteiger charge is 2.13. The summed E-state index contributed by atoms with van der Waals surface area (Å²) >= 11 is 0. The van der Waals surface area contributed by atoms with Crippen LogP contribution in [-0.2, 0) is 6.54 Å². The van der Waals surface area contributed by atoms with Gasteiger partial charge in [-0.05, 0) is 19.4 Å². The minimum Gasteiger partial charge on any atom is -0.478 e. The molecule has 0 saturated carbocycles. The highest BCUT2D eigenvalue weighted by Crippen LogP contribution is 2.10. The zero-order valence-corrected chi connectivity index (χ0v) is 9.12. The minimum atomic E-state index is -0.941. The Labute approximate surface area is 89.3 Å². The van der Waals surface area contributed by atoms with Gasteiger partial charge in [-0.2, -0.15) is 0 Å². The number of rotatable bonds is 6. The van der Waals surface area contributed by atoms with Crippen molar-refractivity contribution in [1.29, 1.82) is 0 Å². The van der Waals surface area contributed by atoms with E-state index in [2.05, 4.69) is 19.2 Å². The first-order valence-electron chi connectivity index (χ1n) is 5.18. The summed E-state index contributed by atoms with van der Waals surface area (Å²) in [5, 5.41) is 12.1. The van der Waals surface area contributed by atoms with Crippen molar-refractivity contribution in [2.45, 2.75) is 39.3 Å². The predicted octanol–water partition coefficient (Wildman–Crippen LogP) is 2.26. The Morgan fingerprint density at radius 3 is 3.00 bits per heavy atom. The van der Waals surface area contributed by atoms with E-state index < -0.39 is 5.97 Å². The lowest BCUT2D eigenvalue weighted by Gasteiger charge is -2.11. The van der Waals surface area contributed by atoms with E-state index in [9.17, 15) is 4.79 Å². The molecule has 84 valence electrons. The van der Waals surface area contributed by atoms with Gasteiger partial charge in [-0.3, -0.25) is 0 Å². The average molecular weight is 211 g/mol. The van der Waals surface area contributed by atoms with Crippen molar-refractivity contribution in [2.75, 3.05) is 0 Å². The predicted molar refractivity (Wildman–Crippen MR) is 56.9 cm³/mol. The number of furan rings is 1. The molecule has 15 heavy (non-hydrogen) atoms. The topological polar surface area (TPSA) is 62.5 Å². The van der Waals surface area contributed by atoms with Gasteiger partial charge in [0.25, 0.3) is 0 Å². The Hall–Kier alpha value is -1.29. The van der Waals surface area contributed by atoms with Gasteiger partial charge in [0.1, 0.15) is 11.3 Å². The molecule has 0 fully saturated rings. The van der Waals surface area contributed by atoms with Crippen LogP contribution in [0.25, 0.3) is 0 Å². The molecule has 0 aromatic carbocycles. The number of carbonyl (C=O) groups is 1. The fourth-order valence-electron chi connectivity index (χ4n) is 1.47. The Morgan fingerprint density at radius 2 is 2.40 bits per heavy atom. The number of nitrogens with one attached hydrogen (secondary N) is 1. The second-order valence-corrected chi connectivity index (χ2v) is 3.63. The molecule has 0 aliphatic heterocycles. The van der Waals surface area contributed by atoms with Crippen molar-refractivity contribution in [3.05, 3.63) is 23.7 Å². The quantitative estimate of drug-likeness (QED) is 0.757. The summed E-state index contributed by atoms with van der Waals surface area (Å²) in [6.07, 6.45) is 3.59. The molecule has 2 N–H and O–H groups in total. The van der Waals surface area contributed by atoms with E-state index >= 15 is 0 Å². The van der Waals surface area contributed by atoms with Crippen LogP contribution in [0, 0.1) is 0 Å². The second-order valence-electron chi connectivity index (χ2n) is 3.63. The average Bonchev–Trinajstić information content (AvgIpc) is 2.63. The molecule has 1 unspecified atom stereocenters. The maximum absolute atomic E-state index is 10.8. The van der Waals surface area contributed by atoms with Gasteiger partial charge in [-0.1, -0.05) is 13.3 Å². The lowest BCUT2D eigenvalue weighted by Crippen LogP contribution is -2.25. The van der Waals surface area contributed by atoms with Crippen LogP contribution in [0.5, 0.6) is 0 Å². The summed E-state index contributed by atoms with van der Waals surface area (Å²) in [6.45, 7) is 4.66. The Balaban J connectivity index is 2.50. The molecule has 0 aliphatic carbocycles. The minimum absolute atomic E-state index is 0.242. The van der Waals surface area contributed by atoms with E-state index in [-0.39, 0.29) is 5.56 Å². The van der Waals surface area contributed by atoms with Crippen molar-refractivity contribution in [3.8, 4) is 0 Å². The summed E-state index contributed by atoms with van der Waals surface area (Å²) in [6, 6.07) is 1.85. The lowest BCUT2D eigenvalue weighted by atomic mass is 10.2. The fourth-order valence-corrected chi connectivity index (χ4v) is 1.47. The van der Waals surface area contributed by atoms with Crippen LogP contribution in [-0.4, -0.2) is 17.1 Å². The van der Waals surface area contributed by atoms with Gasteiger partial charge in [-0.15, -0.1) is 0 Å². The second kappa shape index (κ2) is 5.56. The number of hydrogen-bond donors (Lipinski definition) is 2. The zero-order chi connectivity index (χ0) is 11.3. The highest BCUT2D eigenvalue weighted by molar-refractivity contribution is 5.88. The molecule has 0 spiro atoms. The van der Waals surface area contributed by atoms with Crippen LogP contribution >= 0.6 is 0 Å². The molecular formula is C11H17NO3. The van der Waals surface area contributed by atoms with E-state index in [1.807, 2.05) is 0 Å². The van der Waals surface area contributed by atoms with Gasteiger partial charge in [-0.25, -0.2) is 4.79 Å². The molecule has 0 radical (unpaired) electrons. The van der Waals surface area contributed by atoms with Crippen molar-refractivity contribution < 1.29 is 14.3 Å². The van der Waals surface area contributed by atoms with Crippen molar-refractivity contribution in [3.63, 3.8) is 0 Å². The normalized spacial score (nSPS) is 12.7. The number of hydrogen-bond acceptors (Lipinski definition) is 3. The first kappa shape index (κ1) is 11.8. The van der Waals surface area contributed by atoms with Crippen LogP contribution in [0.2, 0.25) is 0 Å². The summed E-state index contributed by atoms with van der Waals surface area (Å²) in [5.41, 5.74) is 0.242. The molecular weight excluding hydrogens is 194 g/mol. The first-order chi connectivity index (χ1) is 7.15. The van der Waals surface area contributed by atoms with Gasteiger partial charge in [0.05, 0.1) is 12.8 Å². The molecule has 0 saturated heterocycles. The molecule has 0 amide bonds. The largest absolute Gasteiger partial charge is 0.478 e. The molecule has 4 heteroatoms. The molecule has 1 rings (SSSR count). The fraction of sp³-hybridized carbons (Fsp3) is 0.545. The Kier molecular flexibility index (Phi) is 4.37.